The molecule has 0 aliphatic rings. The van der Waals surface area contributed by atoms with Crippen LogP contribution in [-0.2, 0) is 4.74 Å². The lowest BCUT2D eigenvalue weighted by molar-refractivity contribution is 0.0892. The summed E-state index contributed by atoms with van der Waals surface area (Å²) in [6.45, 7) is 2.44. The van der Waals surface area contributed by atoms with Gasteiger partial charge in [-0.15, -0.1) is 0 Å². The summed E-state index contributed by atoms with van der Waals surface area (Å²) < 4.78 is 18.3. The second-order valence-electron chi connectivity index (χ2n) is 4.12. The third-order valence-corrected chi connectivity index (χ3v) is 2.64. The fourth-order valence-corrected chi connectivity index (χ4v) is 1.74. The van der Waals surface area contributed by atoms with E-state index in [4.69, 9.17) is 10.5 Å². The average molecular weight is 254 g/mol. The fourth-order valence-electron chi connectivity index (χ4n) is 1.74. The van der Waals surface area contributed by atoms with Crippen LogP contribution in [0.5, 0.6) is 0 Å². The highest BCUT2D eigenvalue weighted by molar-refractivity contribution is 5.99. The van der Waals surface area contributed by atoms with Crippen LogP contribution >= 0.6 is 0 Å². The summed E-state index contributed by atoms with van der Waals surface area (Å²) in [7, 11) is 1.57. The van der Waals surface area contributed by atoms with Crippen LogP contribution in [0.15, 0.2) is 18.2 Å². The molecule has 0 aromatic heterocycles. The third-order valence-electron chi connectivity index (χ3n) is 2.64. The van der Waals surface area contributed by atoms with Crippen LogP contribution < -0.4 is 11.1 Å². The molecule has 1 aromatic carbocycles. The van der Waals surface area contributed by atoms with Crippen LogP contribution in [0.1, 0.15) is 30.1 Å². The van der Waals surface area contributed by atoms with Gasteiger partial charge < -0.3 is 15.8 Å². The fraction of sp³-hybridized carbons (Fsp3) is 0.462. The zero-order chi connectivity index (χ0) is 13.5. The second kappa shape index (κ2) is 6.96. The quantitative estimate of drug-likeness (QED) is 0.763. The third kappa shape index (κ3) is 3.70. The number of para-hydroxylation sites is 1. The summed E-state index contributed by atoms with van der Waals surface area (Å²) in [5.74, 6) is -0.955. The van der Waals surface area contributed by atoms with E-state index in [9.17, 15) is 9.18 Å². The van der Waals surface area contributed by atoms with Crippen molar-refractivity contribution in [3.05, 3.63) is 29.6 Å². The Kier molecular flexibility index (Phi) is 5.58. The summed E-state index contributed by atoms with van der Waals surface area (Å²) in [5, 5.41) is 2.79. The molecule has 1 aromatic rings. The number of hydrogen-bond acceptors (Lipinski definition) is 3. The van der Waals surface area contributed by atoms with E-state index in [2.05, 4.69) is 5.32 Å². The molecule has 0 aliphatic carbocycles. The van der Waals surface area contributed by atoms with E-state index in [-0.39, 0.29) is 23.2 Å². The summed E-state index contributed by atoms with van der Waals surface area (Å²) >= 11 is 0. The van der Waals surface area contributed by atoms with E-state index in [1.165, 1.54) is 18.2 Å². The Morgan fingerprint density at radius 2 is 2.28 bits per heavy atom. The molecule has 0 fully saturated rings. The Morgan fingerprint density at radius 1 is 1.56 bits per heavy atom. The highest BCUT2D eigenvalue weighted by Gasteiger charge is 2.16. The van der Waals surface area contributed by atoms with E-state index in [0.717, 1.165) is 12.8 Å². The van der Waals surface area contributed by atoms with E-state index >= 15 is 0 Å². The predicted molar refractivity (Wildman–Crippen MR) is 68.9 cm³/mol. The van der Waals surface area contributed by atoms with Gasteiger partial charge in [0.15, 0.2) is 0 Å². The number of carbonyl (C=O) groups excluding carboxylic acids is 1. The molecule has 100 valence electrons. The monoisotopic (exact) mass is 254 g/mol. The molecule has 1 unspecified atom stereocenters. The molecule has 3 N–H and O–H groups in total. The van der Waals surface area contributed by atoms with Crippen molar-refractivity contribution in [3.8, 4) is 0 Å². The minimum Gasteiger partial charge on any atom is -0.396 e. The summed E-state index contributed by atoms with van der Waals surface area (Å²) in [6, 6.07) is 4.11. The first-order chi connectivity index (χ1) is 8.60. The van der Waals surface area contributed by atoms with Crippen LogP contribution in [0.3, 0.4) is 0 Å². The van der Waals surface area contributed by atoms with Gasteiger partial charge in [0.2, 0.25) is 0 Å². The number of rotatable bonds is 6. The SMILES string of the molecule is CCCC(COC)NC(=O)c1cccc(F)c1N. The van der Waals surface area contributed by atoms with E-state index in [1.807, 2.05) is 6.92 Å². The van der Waals surface area contributed by atoms with E-state index < -0.39 is 5.82 Å². The molecule has 4 nitrogen and oxygen atoms in total. The molecule has 1 atom stereocenters. The van der Waals surface area contributed by atoms with E-state index in [1.54, 1.807) is 7.11 Å². The number of hydrogen-bond donors (Lipinski definition) is 2. The normalized spacial score (nSPS) is 12.2. The van der Waals surface area contributed by atoms with Crippen molar-refractivity contribution in [2.75, 3.05) is 19.5 Å². The lowest BCUT2D eigenvalue weighted by Gasteiger charge is -2.17. The zero-order valence-electron chi connectivity index (χ0n) is 10.7. The van der Waals surface area contributed by atoms with Crippen molar-refractivity contribution in [1.29, 1.82) is 0 Å². The zero-order valence-corrected chi connectivity index (χ0v) is 10.7. The van der Waals surface area contributed by atoms with Gasteiger partial charge in [-0.2, -0.15) is 0 Å². The lowest BCUT2D eigenvalue weighted by atomic mass is 10.1. The van der Waals surface area contributed by atoms with Crippen molar-refractivity contribution < 1.29 is 13.9 Å². The van der Waals surface area contributed by atoms with Crippen LogP contribution in [0.2, 0.25) is 0 Å². The molecular weight excluding hydrogens is 235 g/mol. The maximum atomic E-state index is 13.2. The highest BCUT2D eigenvalue weighted by Crippen LogP contribution is 2.15. The van der Waals surface area contributed by atoms with Crippen molar-refractivity contribution in [2.45, 2.75) is 25.8 Å². The number of ether oxygens (including phenoxy) is 1. The Bertz CT molecular complexity index is 404. The first-order valence-corrected chi connectivity index (χ1v) is 5.94. The number of anilines is 1. The smallest absolute Gasteiger partial charge is 0.253 e. The Balaban J connectivity index is 2.77. The maximum Gasteiger partial charge on any atom is 0.253 e. The molecule has 0 spiro atoms. The molecule has 5 heteroatoms. The average Bonchev–Trinajstić information content (AvgIpc) is 2.33. The minimum atomic E-state index is -0.582. The molecule has 18 heavy (non-hydrogen) atoms. The van der Waals surface area contributed by atoms with Crippen LogP contribution in [-0.4, -0.2) is 25.7 Å². The minimum absolute atomic E-state index is 0.0878. The standard InChI is InChI=1S/C13H19FN2O2/c1-3-5-9(8-18-2)16-13(17)10-6-4-7-11(14)12(10)15/h4,6-7,9H,3,5,8,15H2,1-2H3,(H,16,17). The van der Waals surface area contributed by atoms with Gasteiger partial charge in [0, 0.05) is 7.11 Å². The number of carbonyl (C=O) groups is 1. The predicted octanol–water partition coefficient (Wildman–Crippen LogP) is 1.95. The maximum absolute atomic E-state index is 13.2. The number of methoxy groups -OCH3 is 1. The largest absolute Gasteiger partial charge is 0.396 e. The second-order valence-corrected chi connectivity index (χ2v) is 4.12. The van der Waals surface area contributed by atoms with Crippen LogP contribution in [0, 0.1) is 5.82 Å². The van der Waals surface area contributed by atoms with Crippen molar-refractivity contribution >= 4 is 11.6 Å². The summed E-state index contributed by atoms with van der Waals surface area (Å²) in [5.41, 5.74) is 5.58. The number of amides is 1. The Morgan fingerprint density at radius 3 is 2.89 bits per heavy atom. The lowest BCUT2D eigenvalue weighted by Crippen LogP contribution is -2.38. The molecule has 0 heterocycles. The highest BCUT2D eigenvalue weighted by atomic mass is 19.1. The summed E-state index contributed by atoms with van der Waals surface area (Å²) in [4.78, 5) is 12.0. The number of halogens is 1. The molecule has 0 saturated heterocycles. The molecule has 0 bridgehead atoms. The molecule has 1 rings (SSSR count). The molecule has 0 radical (unpaired) electrons. The van der Waals surface area contributed by atoms with Gasteiger partial charge in [-0.25, -0.2) is 4.39 Å². The van der Waals surface area contributed by atoms with Gasteiger partial charge >= 0.3 is 0 Å². The number of benzene rings is 1. The summed E-state index contributed by atoms with van der Waals surface area (Å²) in [6.07, 6.45) is 1.72. The van der Waals surface area contributed by atoms with Crippen molar-refractivity contribution in [1.82, 2.24) is 5.32 Å². The van der Waals surface area contributed by atoms with Crippen LogP contribution in [0.4, 0.5) is 10.1 Å². The van der Waals surface area contributed by atoms with E-state index in [0.29, 0.717) is 6.61 Å². The molecular formula is C13H19FN2O2. The Labute approximate surface area is 106 Å². The number of nitrogens with one attached hydrogen (secondary N) is 1. The van der Waals surface area contributed by atoms with Crippen LogP contribution in [0.25, 0.3) is 0 Å². The van der Waals surface area contributed by atoms with Gasteiger partial charge in [-0.3, -0.25) is 4.79 Å². The number of nitrogen functional groups attached to an aromatic ring is 1. The van der Waals surface area contributed by atoms with Gasteiger partial charge in [0.1, 0.15) is 5.82 Å². The van der Waals surface area contributed by atoms with Gasteiger partial charge in [0.25, 0.3) is 5.91 Å². The molecule has 0 saturated carbocycles. The van der Waals surface area contributed by atoms with Gasteiger partial charge in [-0.05, 0) is 18.6 Å². The Hall–Kier alpha value is -1.62. The van der Waals surface area contributed by atoms with Crippen molar-refractivity contribution in [2.24, 2.45) is 0 Å². The van der Waals surface area contributed by atoms with Crippen molar-refractivity contribution in [3.63, 3.8) is 0 Å². The van der Waals surface area contributed by atoms with Gasteiger partial charge in [0.05, 0.1) is 23.9 Å². The first-order valence-electron chi connectivity index (χ1n) is 5.94. The molecule has 0 aliphatic heterocycles. The topological polar surface area (TPSA) is 64.3 Å². The molecule has 1 amide bonds. The van der Waals surface area contributed by atoms with Gasteiger partial charge in [-0.1, -0.05) is 19.4 Å². The number of nitrogens with two attached hydrogens (primary N) is 1. The first kappa shape index (κ1) is 14.4.